The number of imidazole rings is 1. The number of aromatic nitrogens is 2. The number of hydrogen-bond donors (Lipinski definition) is 3. The molecule has 0 spiro atoms. The normalized spacial score (nSPS) is 13.1. The molecular formula is C27H23F3N4O2. The van der Waals surface area contributed by atoms with Crippen molar-refractivity contribution in [1.29, 1.82) is 0 Å². The molecule has 0 fully saturated rings. The van der Waals surface area contributed by atoms with E-state index in [1.54, 1.807) is 12.1 Å². The minimum Gasteiger partial charge on any atom is -0.499 e. The standard InChI is InChI=1S/C27H23F3N4O2/c1-26(31,16-35)25-33-14-23(34-25)20-12-21(27(28,29)30)24(22(13-20)32-2)36-15-17-8-10-19(11-9-17)18-6-4-3-5-7-18/h3-14,35H,15-16,31H2,1H3,(H,33,34)/t26-/m0/s1. The van der Waals surface area contributed by atoms with Crippen molar-refractivity contribution in [3.63, 3.8) is 0 Å². The van der Waals surface area contributed by atoms with Crippen LogP contribution in [0, 0.1) is 6.57 Å². The van der Waals surface area contributed by atoms with Crippen molar-refractivity contribution in [3.8, 4) is 28.1 Å². The third kappa shape index (κ3) is 5.25. The van der Waals surface area contributed by atoms with Crippen LogP contribution in [0.25, 0.3) is 27.2 Å². The van der Waals surface area contributed by atoms with Crippen LogP contribution in [-0.4, -0.2) is 21.7 Å². The smallest absolute Gasteiger partial charge is 0.418 e. The summed E-state index contributed by atoms with van der Waals surface area (Å²) in [4.78, 5) is 10.2. The van der Waals surface area contributed by atoms with Crippen LogP contribution >= 0.6 is 0 Å². The Kier molecular flexibility index (Phi) is 6.84. The number of hydrogen-bond acceptors (Lipinski definition) is 4. The first-order valence-corrected chi connectivity index (χ1v) is 11.0. The van der Waals surface area contributed by atoms with Gasteiger partial charge in [0.2, 0.25) is 5.69 Å². The molecule has 0 saturated heterocycles. The van der Waals surface area contributed by atoms with Crippen molar-refractivity contribution in [2.45, 2.75) is 25.2 Å². The first-order chi connectivity index (χ1) is 17.1. The van der Waals surface area contributed by atoms with Crippen molar-refractivity contribution in [2.24, 2.45) is 5.73 Å². The van der Waals surface area contributed by atoms with Crippen molar-refractivity contribution in [1.82, 2.24) is 9.97 Å². The number of halogens is 3. The molecule has 4 N–H and O–H groups in total. The first kappa shape index (κ1) is 25.0. The molecule has 9 heteroatoms. The Labute approximate surface area is 206 Å². The predicted octanol–water partition coefficient (Wildman–Crippen LogP) is 6.06. The Hall–Kier alpha value is -4.13. The van der Waals surface area contributed by atoms with Gasteiger partial charge in [-0.05, 0) is 41.3 Å². The highest BCUT2D eigenvalue weighted by Crippen LogP contribution is 2.45. The molecule has 0 aliphatic rings. The van der Waals surface area contributed by atoms with Crippen LogP contribution in [0.1, 0.15) is 23.9 Å². The van der Waals surface area contributed by atoms with Gasteiger partial charge >= 0.3 is 6.18 Å². The summed E-state index contributed by atoms with van der Waals surface area (Å²) in [5.41, 5.74) is 6.37. The molecule has 184 valence electrons. The Morgan fingerprint density at radius 2 is 1.69 bits per heavy atom. The van der Waals surface area contributed by atoms with E-state index in [0.717, 1.165) is 17.2 Å². The van der Waals surface area contributed by atoms with Crippen LogP contribution < -0.4 is 10.5 Å². The van der Waals surface area contributed by atoms with E-state index >= 15 is 0 Å². The van der Waals surface area contributed by atoms with E-state index in [9.17, 15) is 18.3 Å². The predicted molar refractivity (Wildman–Crippen MR) is 130 cm³/mol. The fourth-order valence-corrected chi connectivity index (χ4v) is 3.63. The second-order valence-corrected chi connectivity index (χ2v) is 8.55. The van der Waals surface area contributed by atoms with E-state index in [1.165, 1.54) is 19.2 Å². The average Bonchev–Trinajstić information content (AvgIpc) is 3.39. The van der Waals surface area contributed by atoms with Crippen LogP contribution in [-0.2, 0) is 18.3 Å². The maximum Gasteiger partial charge on any atom is 0.418 e. The number of nitrogens with one attached hydrogen (secondary N) is 1. The SMILES string of the molecule is [C-]#[N+]c1cc(-c2cnc([C@@](C)(N)CO)[nH]2)cc(C(F)(F)F)c1OCc1ccc(-c2ccccc2)cc1. The molecule has 6 nitrogen and oxygen atoms in total. The van der Waals surface area contributed by atoms with Crippen LogP contribution in [0.5, 0.6) is 5.75 Å². The van der Waals surface area contributed by atoms with E-state index in [1.807, 2.05) is 42.5 Å². The summed E-state index contributed by atoms with van der Waals surface area (Å²) in [7, 11) is 0. The number of aromatic amines is 1. The highest BCUT2D eigenvalue weighted by Gasteiger charge is 2.36. The Bertz CT molecular complexity index is 1390. The zero-order chi connectivity index (χ0) is 25.9. The maximum atomic E-state index is 14.0. The van der Waals surface area contributed by atoms with E-state index in [-0.39, 0.29) is 29.4 Å². The number of ether oxygens (including phenoxy) is 1. The van der Waals surface area contributed by atoms with Gasteiger partial charge in [0.05, 0.1) is 36.2 Å². The van der Waals surface area contributed by atoms with Crippen LogP contribution in [0.15, 0.2) is 72.9 Å². The van der Waals surface area contributed by atoms with Gasteiger partial charge in [0, 0.05) is 0 Å². The Morgan fingerprint density at radius 1 is 1.03 bits per heavy atom. The third-order valence-electron chi connectivity index (χ3n) is 5.70. The minimum atomic E-state index is -4.77. The third-order valence-corrected chi connectivity index (χ3v) is 5.70. The zero-order valence-corrected chi connectivity index (χ0v) is 19.3. The van der Waals surface area contributed by atoms with Gasteiger partial charge in [-0.3, -0.25) is 0 Å². The monoisotopic (exact) mass is 492 g/mol. The van der Waals surface area contributed by atoms with Crippen LogP contribution in [0.4, 0.5) is 18.9 Å². The molecule has 1 atom stereocenters. The molecule has 0 saturated carbocycles. The Morgan fingerprint density at radius 3 is 2.31 bits per heavy atom. The van der Waals surface area contributed by atoms with Gasteiger partial charge < -0.3 is 20.6 Å². The summed E-state index contributed by atoms with van der Waals surface area (Å²) in [6, 6.07) is 19.2. The molecule has 4 aromatic rings. The van der Waals surface area contributed by atoms with E-state index < -0.39 is 29.6 Å². The summed E-state index contributed by atoms with van der Waals surface area (Å²) in [5, 5.41) is 9.43. The largest absolute Gasteiger partial charge is 0.499 e. The summed E-state index contributed by atoms with van der Waals surface area (Å²) >= 11 is 0. The van der Waals surface area contributed by atoms with Gasteiger partial charge in [0.25, 0.3) is 0 Å². The molecule has 0 amide bonds. The Balaban J connectivity index is 1.64. The molecule has 0 aliphatic carbocycles. The number of alkyl halides is 3. The molecule has 1 heterocycles. The second-order valence-electron chi connectivity index (χ2n) is 8.55. The average molecular weight is 493 g/mol. The number of rotatable bonds is 7. The second kappa shape index (κ2) is 9.85. The highest BCUT2D eigenvalue weighted by atomic mass is 19.4. The van der Waals surface area contributed by atoms with Gasteiger partial charge in [-0.1, -0.05) is 54.6 Å². The van der Waals surface area contributed by atoms with Crippen molar-refractivity contribution >= 4 is 5.69 Å². The van der Waals surface area contributed by atoms with E-state index in [2.05, 4.69) is 14.8 Å². The number of nitrogens with zero attached hydrogens (tertiary/aromatic N) is 2. The molecule has 0 unspecified atom stereocenters. The molecule has 0 bridgehead atoms. The number of nitrogens with two attached hydrogens (primary N) is 1. The fraction of sp³-hybridized carbons (Fsp3) is 0.185. The number of aliphatic hydroxyl groups excluding tert-OH is 1. The molecule has 1 aromatic heterocycles. The van der Waals surface area contributed by atoms with Gasteiger partial charge in [-0.15, -0.1) is 0 Å². The molecular weight excluding hydrogens is 469 g/mol. The van der Waals surface area contributed by atoms with Gasteiger partial charge in [0.15, 0.2) is 0 Å². The van der Waals surface area contributed by atoms with Crippen molar-refractivity contribution in [2.75, 3.05) is 6.61 Å². The zero-order valence-electron chi connectivity index (χ0n) is 19.3. The topological polar surface area (TPSA) is 88.5 Å². The van der Waals surface area contributed by atoms with E-state index in [0.29, 0.717) is 5.56 Å². The van der Waals surface area contributed by atoms with Gasteiger partial charge in [0.1, 0.15) is 18.2 Å². The lowest BCUT2D eigenvalue weighted by molar-refractivity contribution is -0.138. The van der Waals surface area contributed by atoms with Crippen LogP contribution in [0.2, 0.25) is 0 Å². The lowest BCUT2D eigenvalue weighted by atomic mass is 10.0. The molecule has 0 radical (unpaired) electrons. The lowest BCUT2D eigenvalue weighted by Crippen LogP contribution is -2.38. The lowest BCUT2D eigenvalue weighted by Gasteiger charge is -2.19. The first-order valence-electron chi connectivity index (χ1n) is 11.0. The summed E-state index contributed by atoms with van der Waals surface area (Å²) in [5.74, 6) is -0.329. The molecule has 4 rings (SSSR count). The number of benzene rings is 3. The maximum absolute atomic E-state index is 14.0. The van der Waals surface area contributed by atoms with Crippen molar-refractivity contribution in [3.05, 3.63) is 101 Å². The van der Waals surface area contributed by atoms with Gasteiger partial charge in [-0.25, -0.2) is 9.83 Å². The minimum absolute atomic E-state index is 0.0976. The van der Waals surface area contributed by atoms with E-state index in [4.69, 9.17) is 17.0 Å². The quantitative estimate of drug-likeness (QED) is 0.274. The fourth-order valence-electron chi connectivity index (χ4n) is 3.63. The highest BCUT2D eigenvalue weighted by molar-refractivity contribution is 5.73. The number of H-pyrrole nitrogens is 1. The van der Waals surface area contributed by atoms with Crippen LogP contribution in [0.3, 0.4) is 0 Å². The summed E-state index contributed by atoms with van der Waals surface area (Å²) in [6.45, 7) is 8.46. The molecule has 0 aliphatic heterocycles. The number of aliphatic hydroxyl groups is 1. The molecule has 36 heavy (non-hydrogen) atoms. The van der Waals surface area contributed by atoms with Crippen molar-refractivity contribution < 1.29 is 23.0 Å². The summed E-state index contributed by atoms with van der Waals surface area (Å²) < 4.78 is 47.6. The van der Waals surface area contributed by atoms with Gasteiger partial charge in [-0.2, -0.15) is 13.2 Å². The summed E-state index contributed by atoms with van der Waals surface area (Å²) in [6.07, 6.45) is -3.45. The molecule has 3 aromatic carbocycles.